The fourth-order valence-electron chi connectivity index (χ4n) is 2.97. The summed E-state index contributed by atoms with van der Waals surface area (Å²) in [6.45, 7) is 2.77. The van der Waals surface area contributed by atoms with E-state index >= 15 is 0 Å². The van der Waals surface area contributed by atoms with Crippen LogP contribution >= 0.6 is 0 Å². The lowest BCUT2D eigenvalue weighted by Crippen LogP contribution is -2.47. The minimum absolute atomic E-state index is 0.100. The van der Waals surface area contributed by atoms with Gasteiger partial charge in [0.25, 0.3) is 0 Å². The smallest absolute Gasteiger partial charge is 0.239 e. The first kappa shape index (κ1) is 20.4. The molecule has 1 aromatic rings. The van der Waals surface area contributed by atoms with Crippen molar-refractivity contribution in [2.45, 2.75) is 32.7 Å². The van der Waals surface area contributed by atoms with Gasteiger partial charge in [0.15, 0.2) is 0 Å². The van der Waals surface area contributed by atoms with Gasteiger partial charge in [0, 0.05) is 19.6 Å². The molecule has 1 aliphatic rings. The lowest BCUT2D eigenvalue weighted by Gasteiger charge is -2.31. The van der Waals surface area contributed by atoms with Crippen molar-refractivity contribution < 1.29 is 18.0 Å². The molecule has 7 nitrogen and oxygen atoms in total. The molecule has 1 fully saturated rings. The van der Waals surface area contributed by atoms with E-state index in [0.717, 1.165) is 5.56 Å². The van der Waals surface area contributed by atoms with E-state index in [0.29, 0.717) is 32.4 Å². The molecule has 2 amide bonds. The molecule has 2 N–H and O–H groups in total. The van der Waals surface area contributed by atoms with Crippen molar-refractivity contribution in [2.24, 2.45) is 5.92 Å². The minimum Gasteiger partial charge on any atom is -0.350 e. The van der Waals surface area contributed by atoms with Gasteiger partial charge in [0.2, 0.25) is 21.8 Å². The Balaban J connectivity index is 1.77. The van der Waals surface area contributed by atoms with Crippen molar-refractivity contribution >= 4 is 21.8 Å². The molecule has 1 unspecified atom stereocenters. The van der Waals surface area contributed by atoms with Crippen LogP contribution < -0.4 is 10.6 Å². The fourth-order valence-corrected chi connectivity index (χ4v) is 4.56. The highest BCUT2D eigenvalue weighted by molar-refractivity contribution is 7.89. The Hall–Kier alpha value is -1.93. The van der Waals surface area contributed by atoms with Crippen molar-refractivity contribution in [2.75, 3.05) is 25.4 Å². The first-order valence-electron chi connectivity index (χ1n) is 8.98. The molecular formula is C18H27N3O4S. The van der Waals surface area contributed by atoms with Gasteiger partial charge in [-0.15, -0.1) is 0 Å². The second kappa shape index (κ2) is 9.68. The summed E-state index contributed by atoms with van der Waals surface area (Å²) >= 11 is 0. The zero-order valence-electron chi connectivity index (χ0n) is 15.1. The van der Waals surface area contributed by atoms with Crippen molar-refractivity contribution in [3.63, 3.8) is 0 Å². The van der Waals surface area contributed by atoms with E-state index in [4.69, 9.17) is 0 Å². The number of carbonyl (C=O) groups excluding carboxylic acids is 2. The van der Waals surface area contributed by atoms with E-state index in [1.165, 1.54) is 4.31 Å². The number of piperidine rings is 1. The molecule has 0 aliphatic carbocycles. The van der Waals surface area contributed by atoms with Gasteiger partial charge in [-0.05, 0) is 24.8 Å². The number of nitrogens with one attached hydrogen (secondary N) is 2. The summed E-state index contributed by atoms with van der Waals surface area (Å²) in [6.07, 6.45) is 1.84. The summed E-state index contributed by atoms with van der Waals surface area (Å²) in [6, 6.07) is 9.51. The van der Waals surface area contributed by atoms with Gasteiger partial charge in [-0.3, -0.25) is 9.59 Å². The highest BCUT2D eigenvalue weighted by Gasteiger charge is 2.31. The number of amides is 2. The van der Waals surface area contributed by atoms with Crippen molar-refractivity contribution in [3.05, 3.63) is 35.9 Å². The van der Waals surface area contributed by atoms with E-state index in [1.807, 2.05) is 37.3 Å². The molecule has 0 spiro atoms. The number of carbonyl (C=O) groups is 2. The Kier molecular flexibility index (Phi) is 7.59. The second-order valence-electron chi connectivity index (χ2n) is 6.49. The van der Waals surface area contributed by atoms with Crippen LogP contribution in [0.5, 0.6) is 0 Å². The molecule has 1 saturated heterocycles. The first-order chi connectivity index (χ1) is 12.4. The number of nitrogens with zero attached hydrogens (tertiary/aromatic N) is 1. The molecule has 2 rings (SSSR count). The summed E-state index contributed by atoms with van der Waals surface area (Å²) in [5, 5.41) is 5.37. The number of hydrogen-bond acceptors (Lipinski definition) is 4. The molecule has 0 saturated carbocycles. The van der Waals surface area contributed by atoms with E-state index in [2.05, 4.69) is 10.6 Å². The zero-order chi connectivity index (χ0) is 19.0. The van der Waals surface area contributed by atoms with Crippen LogP contribution in [0, 0.1) is 5.92 Å². The maximum Gasteiger partial charge on any atom is 0.239 e. The second-order valence-corrected chi connectivity index (χ2v) is 8.58. The van der Waals surface area contributed by atoms with Crippen LogP contribution in [0.3, 0.4) is 0 Å². The van der Waals surface area contributed by atoms with Gasteiger partial charge in [-0.2, -0.15) is 0 Å². The summed E-state index contributed by atoms with van der Waals surface area (Å²) < 4.78 is 25.7. The minimum atomic E-state index is -3.30. The molecular weight excluding hydrogens is 354 g/mol. The SMILES string of the molecule is CCCS(=O)(=O)N1CCCC(C(=O)NCC(=O)NCc2ccccc2)C1. The van der Waals surface area contributed by atoms with Gasteiger partial charge >= 0.3 is 0 Å². The van der Waals surface area contributed by atoms with Crippen LogP contribution in [0.15, 0.2) is 30.3 Å². The van der Waals surface area contributed by atoms with Crippen LogP contribution in [0.4, 0.5) is 0 Å². The molecule has 1 aliphatic heterocycles. The summed E-state index contributed by atoms with van der Waals surface area (Å²) in [4.78, 5) is 24.2. The predicted octanol–water partition coefficient (Wildman–Crippen LogP) is 0.871. The van der Waals surface area contributed by atoms with Gasteiger partial charge in [-0.1, -0.05) is 37.3 Å². The lowest BCUT2D eigenvalue weighted by molar-refractivity contribution is -0.129. The highest BCUT2D eigenvalue weighted by atomic mass is 32.2. The average Bonchev–Trinajstić information content (AvgIpc) is 2.65. The molecule has 0 aromatic heterocycles. The Labute approximate surface area is 155 Å². The Morgan fingerprint density at radius 1 is 1.19 bits per heavy atom. The average molecular weight is 381 g/mol. The molecule has 0 bridgehead atoms. The number of hydrogen-bond donors (Lipinski definition) is 2. The number of sulfonamides is 1. The third-order valence-corrected chi connectivity index (χ3v) is 6.41. The van der Waals surface area contributed by atoms with Gasteiger partial charge in [0.1, 0.15) is 0 Å². The number of benzene rings is 1. The van der Waals surface area contributed by atoms with Gasteiger partial charge in [0.05, 0.1) is 18.2 Å². The third-order valence-electron chi connectivity index (χ3n) is 4.37. The van der Waals surface area contributed by atoms with Crippen molar-refractivity contribution in [1.82, 2.24) is 14.9 Å². The van der Waals surface area contributed by atoms with E-state index in [1.54, 1.807) is 0 Å². The lowest BCUT2D eigenvalue weighted by atomic mass is 9.99. The predicted molar refractivity (Wildman–Crippen MR) is 99.7 cm³/mol. The number of rotatable bonds is 8. The van der Waals surface area contributed by atoms with Gasteiger partial charge in [-0.25, -0.2) is 12.7 Å². The van der Waals surface area contributed by atoms with E-state index in [9.17, 15) is 18.0 Å². The first-order valence-corrected chi connectivity index (χ1v) is 10.6. The highest BCUT2D eigenvalue weighted by Crippen LogP contribution is 2.20. The fraction of sp³-hybridized carbons (Fsp3) is 0.556. The van der Waals surface area contributed by atoms with Crippen LogP contribution in [0.2, 0.25) is 0 Å². The Morgan fingerprint density at radius 2 is 1.92 bits per heavy atom. The third kappa shape index (κ3) is 6.10. The molecule has 0 radical (unpaired) electrons. The van der Waals surface area contributed by atoms with E-state index in [-0.39, 0.29) is 30.7 Å². The quantitative estimate of drug-likeness (QED) is 0.698. The Morgan fingerprint density at radius 3 is 2.62 bits per heavy atom. The summed E-state index contributed by atoms with van der Waals surface area (Å²) in [7, 11) is -3.30. The Bertz CT molecular complexity index is 706. The molecule has 1 atom stereocenters. The van der Waals surface area contributed by atoms with Crippen molar-refractivity contribution in [1.29, 1.82) is 0 Å². The van der Waals surface area contributed by atoms with Crippen LogP contribution in [-0.4, -0.2) is 49.9 Å². The monoisotopic (exact) mass is 381 g/mol. The van der Waals surface area contributed by atoms with E-state index < -0.39 is 15.9 Å². The summed E-state index contributed by atoms with van der Waals surface area (Å²) in [5.41, 5.74) is 0.983. The molecule has 1 heterocycles. The normalized spacial score (nSPS) is 18.3. The molecule has 144 valence electrons. The molecule has 1 aromatic carbocycles. The molecule has 26 heavy (non-hydrogen) atoms. The molecule has 8 heteroatoms. The topological polar surface area (TPSA) is 95.6 Å². The van der Waals surface area contributed by atoms with Crippen molar-refractivity contribution in [3.8, 4) is 0 Å². The van der Waals surface area contributed by atoms with Gasteiger partial charge < -0.3 is 10.6 Å². The summed E-state index contributed by atoms with van der Waals surface area (Å²) in [5.74, 6) is -0.842. The van der Waals surface area contributed by atoms with Crippen LogP contribution in [0.25, 0.3) is 0 Å². The van der Waals surface area contributed by atoms with Crippen LogP contribution in [-0.2, 0) is 26.2 Å². The largest absolute Gasteiger partial charge is 0.350 e. The van der Waals surface area contributed by atoms with Crippen LogP contribution in [0.1, 0.15) is 31.7 Å². The maximum absolute atomic E-state index is 12.3. The maximum atomic E-state index is 12.3. The zero-order valence-corrected chi connectivity index (χ0v) is 15.9. The standard InChI is InChI=1S/C18H27N3O4S/c1-2-11-26(24,25)21-10-6-9-16(14-21)18(23)20-13-17(22)19-12-15-7-4-3-5-8-15/h3-5,7-8,16H,2,6,9-14H2,1H3,(H,19,22)(H,20,23).